The number of hydrogen-bond acceptors (Lipinski definition) is 1. The number of alkyl halides is 1. The first-order valence-corrected chi connectivity index (χ1v) is 7.37. The van der Waals surface area contributed by atoms with E-state index in [2.05, 4.69) is 0 Å². The van der Waals surface area contributed by atoms with Gasteiger partial charge in [0.1, 0.15) is 5.82 Å². The zero-order valence-electron chi connectivity index (χ0n) is 11.2. The molecule has 2 aromatic carbocycles. The quantitative estimate of drug-likeness (QED) is 0.748. The average molecular weight is 326 g/mol. The van der Waals surface area contributed by atoms with Crippen molar-refractivity contribution in [1.29, 1.82) is 0 Å². The van der Waals surface area contributed by atoms with E-state index in [1.54, 1.807) is 0 Å². The van der Waals surface area contributed by atoms with Crippen LogP contribution >= 0.6 is 23.2 Å². The third kappa shape index (κ3) is 4.19. The topological polar surface area (TPSA) is 20.3 Å². The van der Waals surface area contributed by atoms with Crippen molar-refractivity contribution in [1.82, 2.24) is 4.90 Å². The minimum absolute atomic E-state index is 0.0384. The van der Waals surface area contributed by atoms with Crippen LogP contribution in [0.4, 0.5) is 4.39 Å². The molecule has 110 valence electrons. The first kappa shape index (κ1) is 15.8. The number of nitrogens with zero attached hydrogens (tertiary/aromatic N) is 1. The van der Waals surface area contributed by atoms with Crippen molar-refractivity contribution in [3.8, 4) is 0 Å². The number of amides is 1. The molecule has 21 heavy (non-hydrogen) atoms. The molecule has 0 spiro atoms. The van der Waals surface area contributed by atoms with Crippen LogP contribution < -0.4 is 0 Å². The Balaban J connectivity index is 2.25. The third-order valence-electron chi connectivity index (χ3n) is 3.02. The maximum atomic E-state index is 13.8. The maximum Gasteiger partial charge on any atom is 0.257 e. The molecule has 0 heterocycles. The zero-order valence-corrected chi connectivity index (χ0v) is 12.7. The lowest BCUT2D eigenvalue weighted by atomic mass is 10.1. The molecule has 0 atom stereocenters. The van der Waals surface area contributed by atoms with Crippen molar-refractivity contribution in [3.05, 3.63) is 70.5 Å². The molecule has 2 nitrogen and oxygen atoms in total. The molecule has 0 N–H and O–H groups in total. The van der Waals surface area contributed by atoms with Gasteiger partial charge in [-0.15, -0.1) is 11.6 Å². The number of hydrogen-bond donors (Lipinski definition) is 0. The van der Waals surface area contributed by atoms with Crippen LogP contribution in [0.15, 0.2) is 48.5 Å². The minimum Gasteiger partial charge on any atom is -0.333 e. The van der Waals surface area contributed by atoms with Crippen molar-refractivity contribution < 1.29 is 9.18 Å². The summed E-state index contributed by atoms with van der Waals surface area (Å²) in [5.41, 5.74) is 0.918. The molecule has 0 fully saturated rings. The van der Waals surface area contributed by atoms with Gasteiger partial charge in [0.05, 0.1) is 5.56 Å². The van der Waals surface area contributed by atoms with Gasteiger partial charge in [0, 0.05) is 24.0 Å². The van der Waals surface area contributed by atoms with Crippen LogP contribution in [0.25, 0.3) is 0 Å². The summed E-state index contributed by atoms with van der Waals surface area (Å²) in [6.45, 7) is 0.708. The van der Waals surface area contributed by atoms with E-state index in [1.807, 2.05) is 30.3 Å². The van der Waals surface area contributed by atoms with Crippen LogP contribution in [0.3, 0.4) is 0 Å². The van der Waals surface area contributed by atoms with Gasteiger partial charge in [0.2, 0.25) is 0 Å². The van der Waals surface area contributed by atoms with Gasteiger partial charge >= 0.3 is 0 Å². The number of benzene rings is 2. The molecule has 0 aliphatic rings. The fraction of sp³-hybridized carbons (Fsp3) is 0.188. The smallest absolute Gasteiger partial charge is 0.257 e. The fourth-order valence-electron chi connectivity index (χ4n) is 1.99. The minimum atomic E-state index is -0.586. The predicted molar refractivity (Wildman–Crippen MR) is 83.3 cm³/mol. The Kier molecular flexibility index (Phi) is 5.59. The summed E-state index contributed by atoms with van der Waals surface area (Å²) in [7, 11) is 0. The lowest BCUT2D eigenvalue weighted by Gasteiger charge is -2.22. The highest BCUT2D eigenvalue weighted by Gasteiger charge is 2.19. The molecule has 0 aromatic heterocycles. The highest BCUT2D eigenvalue weighted by molar-refractivity contribution is 6.31. The van der Waals surface area contributed by atoms with Crippen LogP contribution in [0.1, 0.15) is 15.9 Å². The molecular weight excluding hydrogens is 312 g/mol. The van der Waals surface area contributed by atoms with Crippen LogP contribution in [0.2, 0.25) is 5.02 Å². The molecule has 0 unspecified atom stereocenters. The number of rotatable bonds is 5. The molecule has 0 bridgehead atoms. The van der Waals surface area contributed by atoms with Gasteiger partial charge < -0.3 is 4.90 Å². The van der Waals surface area contributed by atoms with Crippen LogP contribution in [0.5, 0.6) is 0 Å². The highest BCUT2D eigenvalue weighted by Crippen LogP contribution is 2.18. The molecular formula is C16H14Cl2FNO. The second kappa shape index (κ2) is 7.43. The summed E-state index contributed by atoms with van der Waals surface area (Å²) in [4.78, 5) is 14.0. The Morgan fingerprint density at radius 3 is 2.52 bits per heavy atom. The first-order chi connectivity index (χ1) is 10.1. The van der Waals surface area contributed by atoms with Crippen LogP contribution in [-0.4, -0.2) is 23.2 Å². The summed E-state index contributed by atoms with van der Waals surface area (Å²) in [5.74, 6) is -0.725. The van der Waals surface area contributed by atoms with E-state index in [0.717, 1.165) is 5.56 Å². The Morgan fingerprint density at radius 2 is 1.86 bits per heavy atom. The van der Waals surface area contributed by atoms with Crippen molar-refractivity contribution in [2.45, 2.75) is 6.54 Å². The van der Waals surface area contributed by atoms with Crippen molar-refractivity contribution in [3.63, 3.8) is 0 Å². The van der Waals surface area contributed by atoms with E-state index in [4.69, 9.17) is 23.2 Å². The van der Waals surface area contributed by atoms with E-state index < -0.39 is 11.7 Å². The van der Waals surface area contributed by atoms with Gasteiger partial charge in [-0.05, 0) is 23.8 Å². The zero-order chi connectivity index (χ0) is 15.2. The monoisotopic (exact) mass is 325 g/mol. The van der Waals surface area contributed by atoms with Gasteiger partial charge in [-0.25, -0.2) is 4.39 Å². The van der Waals surface area contributed by atoms with E-state index in [9.17, 15) is 9.18 Å². The summed E-state index contributed by atoms with van der Waals surface area (Å²) < 4.78 is 13.8. The fourth-order valence-corrected chi connectivity index (χ4v) is 2.37. The first-order valence-electron chi connectivity index (χ1n) is 6.46. The van der Waals surface area contributed by atoms with Crippen molar-refractivity contribution in [2.75, 3.05) is 12.4 Å². The predicted octanol–water partition coefficient (Wildman–Crippen LogP) is 4.36. The molecule has 5 heteroatoms. The second-order valence-corrected chi connectivity index (χ2v) is 5.34. The van der Waals surface area contributed by atoms with Gasteiger partial charge in [0.25, 0.3) is 5.91 Å². The lowest BCUT2D eigenvalue weighted by molar-refractivity contribution is 0.0749. The average Bonchev–Trinajstić information content (AvgIpc) is 2.49. The Hall–Kier alpha value is -1.58. The van der Waals surface area contributed by atoms with Crippen molar-refractivity contribution >= 4 is 29.1 Å². The van der Waals surface area contributed by atoms with Gasteiger partial charge in [-0.3, -0.25) is 4.79 Å². The normalized spacial score (nSPS) is 10.4. The molecule has 0 aliphatic carbocycles. The van der Waals surface area contributed by atoms with Crippen molar-refractivity contribution in [2.24, 2.45) is 0 Å². The Morgan fingerprint density at radius 1 is 1.14 bits per heavy atom. The molecule has 0 saturated heterocycles. The molecule has 0 saturated carbocycles. The lowest BCUT2D eigenvalue weighted by Crippen LogP contribution is -2.32. The van der Waals surface area contributed by atoms with E-state index >= 15 is 0 Å². The van der Waals surface area contributed by atoms with E-state index in [-0.39, 0.29) is 11.4 Å². The second-order valence-electron chi connectivity index (χ2n) is 4.53. The van der Waals surface area contributed by atoms with Gasteiger partial charge in [0.15, 0.2) is 0 Å². The highest BCUT2D eigenvalue weighted by atomic mass is 35.5. The third-order valence-corrected chi connectivity index (χ3v) is 3.42. The number of carbonyl (C=O) groups is 1. The van der Waals surface area contributed by atoms with Gasteiger partial charge in [-0.2, -0.15) is 0 Å². The molecule has 0 radical (unpaired) electrons. The SMILES string of the molecule is O=C(c1cc(Cl)ccc1F)N(CCCl)Cc1ccccc1. The summed E-state index contributed by atoms with van der Waals surface area (Å²) in [5, 5.41) is 0.324. The summed E-state index contributed by atoms with van der Waals surface area (Å²) in [6.07, 6.45) is 0. The van der Waals surface area contributed by atoms with Crippen LogP contribution in [-0.2, 0) is 6.54 Å². The molecule has 1 amide bonds. The Bertz CT molecular complexity index is 619. The van der Waals surface area contributed by atoms with E-state index in [0.29, 0.717) is 18.1 Å². The summed E-state index contributed by atoms with van der Waals surface area (Å²) in [6, 6.07) is 13.4. The summed E-state index contributed by atoms with van der Waals surface area (Å²) >= 11 is 11.6. The standard InChI is InChI=1S/C16H14Cl2FNO/c17-8-9-20(11-12-4-2-1-3-5-12)16(21)14-10-13(18)6-7-15(14)19/h1-7,10H,8-9,11H2. The number of carbonyl (C=O) groups excluding carboxylic acids is 1. The maximum absolute atomic E-state index is 13.8. The van der Waals surface area contributed by atoms with Crippen LogP contribution in [0, 0.1) is 5.82 Å². The molecule has 0 aliphatic heterocycles. The number of halogens is 3. The Labute approximate surface area is 133 Å². The van der Waals surface area contributed by atoms with E-state index in [1.165, 1.54) is 23.1 Å². The van der Waals surface area contributed by atoms with Gasteiger partial charge in [-0.1, -0.05) is 41.9 Å². The molecule has 2 aromatic rings. The molecule has 2 rings (SSSR count). The largest absolute Gasteiger partial charge is 0.333 e.